The van der Waals surface area contributed by atoms with Gasteiger partial charge in [0.1, 0.15) is 11.6 Å². The van der Waals surface area contributed by atoms with E-state index in [2.05, 4.69) is 5.32 Å². The third kappa shape index (κ3) is 4.47. The lowest BCUT2D eigenvalue weighted by atomic mass is 9.94. The molecule has 0 saturated carbocycles. The van der Waals surface area contributed by atoms with Gasteiger partial charge in [-0.25, -0.2) is 4.79 Å². The van der Waals surface area contributed by atoms with Gasteiger partial charge in [0.05, 0.1) is 6.04 Å². The maximum Gasteiger partial charge on any atom is 0.408 e. The van der Waals surface area contributed by atoms with Gasteiger partial charge in [0.2, 0.25) is 0 Å². The molecular formula is C22H25ClN2O3. The van der Waals surface area contributed by atoms with Crippen molar-refractivity contribution in [3.05, 3.63) is 64.7 Å². The van der Waals surface area contributed by atoms with E-state index in [1.165, 1.54) is 0 Å². The molecule has 0 spiro atoms. The van der Waals surface area contributed by atoms with Gasteiger partial charge in [0, 0.05) is 17.1 Å². The van der Waals surface area contributed by atoms with Gasteiger partial charge >= 0.3 is 6.09 Å². The highest BCUT2D eigenvalue weighted by molar-refractivity contribution is 6.30. The molecule has 1 aliphatic rings. The van der Waals surface area contributed by atoms with Crippen LogP contribution in [0.3, 0.4) is 0 Å². The molecule has 1 heterocycles. The van der Waals surface area contributed by atoms with Gasteiger partial charge < -0.3 is 15.0 Å². The standard InChI is InChI=1S/C22H25ClN2O3/c1-14(15-8-6-5-7-9-15)25-19-11-10-17(23)12-16(19)13-18(20(25)26)24-21(27)28-22(2,3)4/h5-12,14,18H,13H2,1-4H3,(H,24,27)/t14-,18+/m0/s1. The van der Waals surface area contributed by atoms with Crippen LogP contribution in [0.5, 0.6) is 0 Å². The molecule has 3 rings (SSSR count). The second-order valence-electron chi connectivity index (χ2n) is 7.97. The number of halogens is 1. The summed E-state index contributed by atoms with van der Waals surface area (Å²) in [5, 5.41) is 3.32. The van der Waals surface area contributed by atoms with Gasteiger partial charge in [-0.05, 0) is 57.0 Å². The van der Waals surface area contributed by atoms with Gasteiger partial charge in [-0.3, -0.25) is 4.79 Å². The van der Waals surface area contributed by atoms with E-state index >= 15 is 0 Å². The normalized spacial score (nSPS) is 17.7. The lowest BCUT2D eigenvalue weighted by Gasteiger charge is -2.38. The SMILES string of the molecule is C[C@@H](c1ccccc1)N1C(=O)[C@H](NC(=O)OC(C)(C)C)Cc2cc(Cl)ccc21. The predicted molar refractivity (Wildman–Crippen MR) is 111 cm³/mol. The summed E-state index contributed by atoms with van der Waals surface area (Å²) in [4.78, 5) is 27.3. The summed E-state index contributed by atoms with van der Waals surface area (Å²) < 4.78 is 5.33. The fraction of sp³-hybridized carbons (Fsp3) is 0.364. The maximum atomic E-state index is 13.3. The summed E-state index contributed by atoms with van der Waals surface area (Å²) in [6.07, 6.45) is -0.241. The monoisotopic (exact) mass is 400 g/mol. The molecule has 0 aromatic heterocycles. The Labute approximate surface area is 170 Å². The van der Waals surface area contributed by atoms with Crippen LogP contribution in [0.4, 0.5) is 10.5 Å². The van der Waals surface area contributed by atoms with Crippen molar-refractivity contribution in [1.82, 2.24) is 5.32 Å². The third-order valence-corrected chi connectivity index (χ3v) is 4.86. The molecule has 2 amide bonds. The van der Waals surface area contributed by atoms with Gasteiger partial charge in [-0.2, -0.15) is 0 Å². The molecule has 2 aromatic rings. The lowest BCUT2D eigenvalue weighted by Crippen LogP contribution is -2.54. The van der Waals surface area contributed by atoms with Crippen molar-refractivity contribution < 1.29 is 14.3 Å². The van der Waals surface area contributed by atoms with Gasteiger partial charge in [0.25, 0.3) is 5.91 Å². The first kappa shape index (κ1) is 20.2. The molecular weight excluding hydrogens is 376 g/mol. The van der Waals surface area contributed by atoms with E-state index in [0.717, 1.165) is 16.8 Å². The molecule has 28 heavy (non-hydrogen) atoms. The molecule has 0 radical (unpaired) electrons. The number of ether oxygens (including phenoxy) is 1. The Hall–Kier alpha value is -2.53. The molecule has 2 atom stereocenters. The van der Waals surface area contributed by atoms with Crippen LogP contribution >= 0.6 is 11.6 Å². The van der Waals surface area contributed by atoms with Gasteiger partial charge in [-0.1, -0.05) is 41.9 Å². The highest BCUT2D eigenvalue weighted by atomic mass is 35.5. The summed E-state index contributed by atoms with van der Waals surface area (Å²) in [5.74, 6) is -0.169. The Kier molecular flexibility index (Phi) is 5.66. The molecule has 0 saturated heterocycles. The minimum Gasteiger partial charge on any atom is -0.444 e. The number of carbonyl (C=O) groups excluding carboxylic acids is 2. The van der Waals surface area contributed by atoms with Crippen LogP contribution in [0.15, 0.2) is 48.5 Å². The van der Waals surface area contributed by atoms with Crippen molar-refractivity contribution >= 4 is 29.3 Å². The zero-order chi connectivity index (χ0) is 20.5. The number of rotatable bonds is 3. The molecule has 0 fully saturated rings. The zero-order valence-electron chi connectivity index (χ0n) is 16.5. The smallest absolute Gasteiger partial charge is 0.408 e. The van der Waals surface area contributed by atoms with Crippen molar-refractivity contribution in [2.75, 3.05) is 4.90 Å². The number of amides is 2. The minimum absolute atomic E-state index is 0.169. The average Bonchev–Trinajstić information content (AvgIpc) is 2.61. The van der Waals surface area contributed by atoms with E-state index in [1.807, 2.05) is 49.4 Å². The number of hydrogen-bond donors (Lipinski definition) is 1. The first-order chi connectivity index (χ1) is 13.2. The minimum atomic E-state index is -0.716. The summed E-state index contributed by atoms with van der Waals surface area (Å²) in [5.41, 5.74) is 2.10. The van der Waals surface area contributed by atoms with Crippen molar-refractivity contribution in [3.8, 4) is 0 Å². The number of anilines is 1. The van der Waals surface area contributed by atoms with Crippen molar-refractivity contribution in [1.29, 1.82) is 0 Å². The quantitative estimate of drug-likeness (QED) is 0.798. The van der Waals surface area contributed by atoms with E-state index < -0.39 is 17.7 Å². The van der Waals surface area contributed by atoms with Crippen LogP contribution in [0.25, 0.3) is 0 Å². The van der Waals surface area contributed by atoms with Crippen LogP contribution in [0.2, 0.25) is 5.02 Å². The van der Waals surface area contributed by atoms with E-state index in [1.54, 1.807) is 31.7 Å². The molecule has 5 nitrogen and oxygen atoms in total. The summed E-state index contributed by atoms with van der Waals surface area (Å²) in [7, 11) is 0. The Morgan fingerprint density at radius 2 is 1.89 bits per heavy atom. The van der Waals surface area contributed by atoms with Gasteiger partial charge in [0.15, 0.2) is 0 Å². The van der Waals surface area contributed by atoms with E-state index in [0.29, 0.717) is 11.4 Å². The fourth-order valence-electron chi connectivity index (χ4n) is 3.39. The Morgan fingerprint density at radius 1 is 1.21 bits per heavy atom. The highest BCUT2D eigenvalue weighted by Gasteiger charge is 2.37. The van der Waals surface area contributed by atoms with E-state index in [-0.39, 0.29) is 11.9 Å². The topological polar surface area (TPSA) is 58.6 Å². The number of nitrogens with one attached hydrogen (secondary N) is 1. The van der Waals surface area contributed by atoms with Crippen LogP contribution in [0, 0.1) is 0 Å². The number of benzene rings is 2. The fourth-order valence-corrected chi connectivity index (χ4v) is 3.58. The highest BCUT2D eigenvalue weighted by Crippen LogP contribution is 2.36. The summed E-state index contributed by atoms with van der Waals surface area (Å²) in [6, 6.07) is 14.4. The Balaban J connectivity index is 1.94. The maximum absolute atomic E-state index is 13.3. The molecule has 0 aliphatic carbocycles. The largest absolute Gasteiger partial charge is 0.444 e. The average molecular weight is 401 g/mol. The van der Waals surface area contributed by atoms with E-state index in [4.69, 9.17) is 16.3 Å². The van der Waals surface area contributed by atoms with E-state index in [9.17, 15) is 9.59 Å². The summed E-state index contributed by atoms with van der Waals surface area (Å²) in [6.45, 7) is 7.33. The number of alkyl carbamates (subject to hydrolysis) is 1. The number of carbonyl (C=O) groups is 2. The van der Waals surface area contributed by atoms with Crippen LogP contribution in [-0.4, -0.2) is 23.6 Å². The zero-order valence-corrected chi connectivity index (χ0v) is 17.3. The number of hydrogen-bond acceptors (Lipinski definition) is 3. The molecule has 1 N–H and O–H groups in total. The lowest BCUT2D eigenvalue weighted by molar-refractivity contribution is -0.121. The Bertz CT molecular complexity index is 877. The first-order valence-corrected chi connectivity index (χ1v) is 9.69. The molecule has 0 unspecified atom stereocenters. The van der Waals surface area contributed by atoms with Crippen LogP contribution in [0.1, 0.15) is 44.9 Å². The molecule has 148 valence electrons. The van der Waals surface area contributed by atoms with Crippen molar-refractivity contribution in [2.45, 2.75) is 51.8 Å². The molecule has 0 bridgehead atoms. The third-order valence-electron chi connectivity index (χ3n) is 4.62. The molecule has 2 aromatic carbocycles. The molecule has 1 aliphatic heterocycles. The first-order valence-electron chi connectivity index (χ1n) is 9.31. The predicted octanol–water partition coefficient (Wildman–Crippen LogP) is 4.88. The van der Waals surface area contributed by atoms with Crippen molar-refractivity contribution in [2.24, 2.45) is 0 Å². The van der Waals surface area contributed by atoms with Crippen LogP contribution in [-0.2, 0) is 16.0 Å². The second kappa shape index (κ2) is 7.84. The second-order valence-corrected chi connectivity index (χ2v) is 8.41. The number of fused-ring (bicyclic) bond motifs is 1. The van der Waals surface area contributed by atoms with Gasteiger partial charge in [-0.15, -0.1) is 0 Å². The number of nitrogens with zero attached hydrogens (tertiary/aromatic N) is 1. The Morgan fingerprint density at radius 3 is 2.54 bits per heavy atom. The molecule has 6 heteroatoms. The summed E-state index contributed by atoms with van der Waals surface area (Å²) >= 11 is 6.18. The van der Waals surface area contributed by atoms with Crippen molar-refractivity contribution in [3.63, 3.8) is 0 Å². The van der Waals surface area contributed by atoms with Crippen LogP contribution < -0.4 is 10.2 Å².